The monoisotopic (exact) mass is 221 g/mol. The molecule has 84 valence electrons. The van der Waals surface area contributed by atoms with Gasteiger partial charge in [-0.25, -0.2) is 0 Å². The average Bonchev–Trinajstić information content (AvgIpc) is 2.38. The van der Waals surface area contributed by atoms with Gasteiger partial charge in [0.05, 0.1) is 0 Å². The smallest absolute Gasteiger partial charge is 0.0252 e. The van der Waals surface area contributed by atoms with Crippen molar-refractivity contribution in [1.29, 1.82) is 0 Å². The third kappa shape index (κ3) is 3.21. The summed E-state index contributed by atoms with van der Waals surface area (Å²) in [6.45, 7) is 2.63. The van der Waals surface area contributed by atoms with Crippen LogP contribution in [0.5, 0.6) is 0 Å². The Labute approximate surface area is 102 Å². The van der Waals surface area contributed by atoms with Crippen LogP contribution in [0.15, 0.2) is 48.5 Å². The first-order valence-corrected chi connectivity index (χ1v) is 5.65. The summed E-state index contributed by atoms with van der Waals surface area (Å²) in [5.41, 5.74) is 10.0. The van der Waals surface area contributed by atoms with Gasteiger partial charge in [-0.3, -0.25) is 0 Å². The van der Waals surface area contributed by atoms with Gasteiger partial charge < -0.3 is 5.73 Å². The number of hydrogen-bond acceptors (Lipinski definition) is 1. The molecule has 0 saturated heterocycles. The van der Waals surface area contributed by atoms with Gasteiger partial charge in [-0.15, -0.1) is 0 Å². The predicted octanol–water partition coefficient (Wildman–Crippen LogP) is 2.85. The molecule has 0 aliphatic carbocycles. The molecule has 2 N–H and O–H groups in total. The molecular weight excluding hydrogens is 206 g/mol. The van der Waals surface area contributed by atoms with Gasteiger partial charge in [-0.1, -0.05) is 41.7 Å². The largest absolute Gasteiger partial charge is 0.326 e. The quantitative estimate of drug-likeness (QED) is 0.736. The van der Waals surface area contributed by atoms with E-state index in [1.165, 1.54) is 5.56 Å². The minimum Gasteiger partial charge on any atom is -0.326 e. The molecule has 0 radical (unpaired) electrons. The molecule has 1 heteroatoms. The van der Waals surface area contributed by atoms with Crippen molar-refractivity contribution in [3.05, 3.63) is 70.8 Å². The number of rotatable bonds is 1. The molecule has 0 aliphatic rings. The molecule has 0 aromatic heterocycles. The van der Waals surface area contributed by atoms with Gasteiger partial charge >= 0.3 is 0 Å². The third-order valence-corrected chi connectivity index (χ3v) is 2.57. The Hall–Kier alpha value is -2.04. The minimum absolute atomic E-state index is 0.556. The van der Waals surface area contributed by atoms with E-state index in [4.69, 9.17) is 5.73 Å². The topological polar surface area (TPSA) is 26.0 Å². The molecule has 2 aromatic carbocycles. The van der Waals surface area contributed by atoms with E-state index in [2.05, 4.69) is 30.9 Å². The second-order valence-corrected chi connectivity index (χ2v) is 4.02. The maximum Gasteiger partial charge on any atom is 0.0252 e. The molecule has 0 atom stereocenters. The number of benzene rings is 2. The lowest BCUT2D eigenvalue weighted by atomic mass is 10.1. The summed E-state index contributed by atoms with van der Waals surface area (Å²) in [5.74, 6) is 6.30. The molecule has 0 fully saturated rings. The van der Waals surface area contributed by atoms with E-state index < -0.39 is 0 Å². The van der Waals surface area contributed by atoms with E-state index in [0.717, 1.165) is 16.7 Å². The summed E-state index contributed by atoms with van der Waals surface area (Å²) in [4.78, 5) is 0. The lowest BCUT2D eigenvalue weighted by Gasteiger charge is -1.96. The standard InChI is InChI=1S/C16H15N/c1-13-5-7-14(8-6-13)9-10-15-3-2-4-16(11-15)12-17/h2-8,11H,12,17H2,1H3. The molecular formula is C16H15N. The van der Waals surface area contributed by atoms with Crippen LogP contribution in [0.2, 0.25) is 0 Å². The van der Waals surface area contributed by atoms with Gasteiger partial charge in [-0.2, -0.15) is 0 Å². The van der Waals surface area contributed by atoms with E-state index in [1.807, 2.05) is 36.4 Å². The van der Waals surface area contributed by atoms with Crippen LogP contribution in [0.1, 0.15) is 22.3 Å². The van der Waals surface area contributed by atoms with E-state index in [9.17, 15) is 0 Å². The number of aryl methyl sites for hydroxylation is 1. The highest BCUT2D eigenvalue weighted by Crippen LogP contribution is 2.05. The summed E-state index contributed by atoms with van der Waals surface area (Å²) >= 11 is 0. The Bertz CT molecular complexity index is 556. The molecule has 0 aliphatic heterocycles. The van der Waals surface area contributed by atoms with Gasteiger partial charge in [-0.05, 0) is 36.8 Å². The molecule has 2 rings (SSSR count). The molecule has 2 aromatic rings. The van der Waals surface area contributed by atoms with Crippen molar-refractivity contribution in [3.63, 3.8) is 0 Å². The van der Waals surface area contributed by atoms with Crippen LogP contribution in [0.25, 0.3) is 0 Å². The Morgan fingerprint density at radius 2 is 1.65 bits per heavy atom. The van der Waals surface area contributed by atoms with E-state index in [1.54, 1.807) is 0 Å². The molecule has 0 saturated carbocycles. The average molecular weight is 221 g/mol. The normalized spacial score (nSPS) is 9.53. The number of nitrogens with two attached hydrogens (primary N) is 1. The second-order valence-electron chi connectivity index (χ2n) is 4.02. The maximum absolute atomic E-state index is 5.59. The first-order valence-electron chi connectivity index (χ1n) is 5.65. The van der Waals surface area contributed by atoms with Crippen molar-refractivity contribution in [2.45, 2.75) is 13.5 Å². The van der Waals surface area contributed by atoms with Crippen LogP contribution >= 0.6 is 0 Å². The SMILES string of the molecule is Cc1ccc(C#Cc2cccc(CN)c2)cc1. The summed E-state index contributed by atoms with van der Waals surface area (Å²) in [7, 11) is 0. The summed E-state index contributed by atoms with van der Waals surface area (Å²) in [6, 6.07) is 16.2. The van der Waals surface area contributed by atoms with Crippen molar-refractivity contribution >= 4 is 0 Å². The Morgan fingerprint density at radius 3 is 2.35 bits per heavy atom. The highest BCUT2D eigenvalue weighted by atomic mass is 14.5. The zero-order valence-electron chi connectivity index (χ0n) is 9.90. The molecule has 0 amide bonds. The lowest BCUT2D eigenvalue weighted by Crippen LogP contribution is -1.95. The van der Waals surface area contributed by atoms with Crippen molar-refractivity contribution in [1.82, 2.24) is 0 Å². The fourth-order valence-corrected chi connectivity index (χ4v) is 1.56. The minimum atomic E-state index is 0.556. The van der Waals surface area contributed by atoms with Crippen LogP contribution < -0.4 is 5.73 Å². The fraction of sp³-hybridized carbons (Fsp3) is 0.125. The van der Waals surface area contributed by atoms with Crippen molar-refractivity contribution in [2.75, 3.05) is 0 Å². The molecule has 0 bridgehead atoms. The molecule has 1 nitrogen and oxygen atoms in total. The van der Waals surface area contributed by atoms with Gasteiger partial charge in [0.25, 0.3) is 0 Å². The second kappa shape index (κ2) is 5.34. The maximum atomic E-state index is 5.59. The van der Waals surface area contributed by atoms with Crippen LogP contribution in [0.3, 0.4) is 0 Å². The first-order chi connectivity index (χ1) is 8.28. The van der Waals surface area contributed by atoms with Gasteiger partial charge in [0, 0.05) is 17.7 Å². The van der Waals surface area contributed by atoms with Crippen molar-refractivity contribution in [2.24, 2.45) is 5.73 Å². The highest BCUT2D eigenvalue weighted by molar-refractivity contribution is 5.44. The predicted molar refractivity (Wildman–Crippen MR) is 71.5 cm³/mol. The van der Waals surface area contributed by atoms with Crippen LogP contribution in [0.4, 0.5) is 0 Å². The Morgan fingerprint density at radius 1 is 0.941 bits per heavy atom. The van der Waals surface area contributed by atoms with Gasteiger partial charge in [0.15, 0.2) is 0 Å². The zero-order valence-corrected chi connectivity index (χ0v) is 9.90. The molecule has 0 heterocycles. The van der Waals surface area contributed by atoms with E-state index >= 15 is 0 Å². The van der Waals surface area contributed by atoms with Crippen LogP contribution in [-0.2, 0) is 6.54 Å². The Balaban J connectivity index is 2.23. The molecule has 17 heavy (non-hydrogen) atoms. The van der Waals surface area contributed by atoms with Crippen LogP contribution in [-0.4, -0.2) is 0 Å². The zero-order chi connectivity index (χ0) is 12.1. The van der Waals surface area contributed by atoms with Crippen molar-refractivity contribution in [3.8, 4) is 11.8 Å². The van der Waals surface area contributed by atoms with E-state index in [-0.39, 0.29) is 0 Å². The Kier molecular flexibility index (Phi) is 3.59. The van der Waals surface area contributed by atoms with Gasteiger partial charge in [0.2, 0.25) is 0 Å². The summed E-state index contributed by atoms with van der Waals surface area (Å²) in [6.07, 6.45) is 0. The van der Waals surface area contributed by atoms with E-state index in [0.29, 0.717) is 6.54 Å². The number of hydrogen-bond donors (Lipinski definition) is 1. The van der Waals surface area contributed by atoms with Gasteiger partial charge in [0.1, 0.15) is 0 Å². The first kappa shape index (κ1) is 11.4. The molecule has 0 unspecified atom stereocenters. The summed E-state index contributed by atoms with van der Waals surface area (Å²) < 4.78 is 0. The summed E-state index contributed by atoms with van der Waals surface area (Å²) in [5, 5.41) is 0. The lowest BCUT2D eigenvalue weighted by molar-refractivity contribution is 1.07. The van der Waals surface area contributed by atoms with Crippen molar-refractivity contribution < 1.29 is 0 Å². The third-order valence-electron chi connectivity index (χ3n) is 2.57. The molecule has 0 spiro atoms. The highest BCUT2D eigenvalue weighted by Gasteiger charge is 1.91. The fourth-order valence-electron chi connectivity index (χ4n) is 1.56. The van der Waals surface area contributed by atoms with Crippen LogP contribution in [0, 0.1) is 18.8 Å².